The molecule has 2 aromatic rings. The van der Waals surface area contributed by atoms with Gasteiger partial charge in [0, 0.05) is 25.4 Å². The highest BCUT2D eigenvalue weighted by Crippen LogP contribution is 2.30. The third-order valence-corrected chi connectivity index (χ3v) is 4.19. The molecule has 0 fully saturated rings. The topological polar surface area (TPSA) is 77.4 Å². The van der Waals surface area contributed by atoms with Crippen molar-refractivity contribution in [3.8, 4) is 11.5 Å². The van der Waals surface area contributed by atoms with E-state index in [2.05, 4.69) is 15.7 Å². The molecule has 1 amide bonds. The molecule has 3 rings (SSSR count). The maximum atomic E-state index is 12.2. The maximum absolute atomic E-state index is 12.2. The van der Waals surface area contributed by atoms with Gasteiger partial charge in [0.15, 0.2) is 11.5 Å². The number of rotatable bonds is 6. The minimum absolute atomic E-state index is 0.0548. The fraction of sp³-hybridized carbons (Fsp3) is 0.444. The van der Waals surface area contributed by atoms with Gasteiger partial charge in [0.2, 0.25) is 5.91 Å². The fourth-order valence-electron chi connectivity index (χ4n) is 2.64. The standard InChI is InChI=1S/C18H24N4O3/c1-12-10-17(21-22(12)3)20-13(2)18(23)19-7-6-14-4-5-15-16(11-14)25-9-8-24-15/h4-5,10-11,13H,6-9H2,1-3H3,(H,19,23)(H,20,21). The van der Waals surface area contributed by atoms with E-state index in [0.29, 0.717) is 25.6 Å². The highest BCUT2D eigenvalue weighted by Gasteiger charge is 2.15. The fourth-order valence-corrected chi connectivity index (χ4v) is 2.64. The van der Waals surface area contributed by atoms with Crippen LogP contribution in [0, 0.1) is 6.92 Å². The largest absolute Gasteiger partial charge is 0.486 e. The lowest BCUT2D eigenvalue weighted by Crippen LogP contribution is -2.38. The summed E-state index contributed by atoms with van der Waals surface area (Å²) in [5, 5.41) is 10.4. The molecule has 7 nitrogen and oxygen atoms in total. The number of carbonyl (C=O) groups is 1. The highest BCUT2D eigenvalue weighted by molar-refractivity contribution is 5.83. The van der Waals surface area contributed by atoms with Crippen LogP contribution in [0.25, 0.3) is 0 Å². The Kier molecular flexibility index (Phi) is 5.11. The van der Waals surface area contributed by atoms with Crippen LogP contribution in [0.1, 0.15) is 18.2 Å². The lowest BCUT2D eigenvalue weighted by molar-refractivity contribution is -0.121. The molecule has 0 aliphatic carbocycles. The van der Waals surface area contributed by atoms with Crippen molar-refractivity contribution in [2.24, 2.45) is 7.05 Å². The van der Waals surface area contributed by atoms with Crippen LogP contribution in [0.5, 0.6) is 11.5 Å². The number of nitrogens with one attached hydrogen (secondary N) is 2. The van der Waals surface area contributed by atoms with Crippen LogP contribution < -0.4 is 20.1 Å². The quantitative estimate of drug-likeness (QED) is 0.833. The third-order valence-electron chi connectivity index (χ3n) is 4.19. The summed E-state index contributed by atoms with van der Waals surface area (Å²) in [6.45, 7) is 5.51. The Labute approximate surface area is 147 Å². The van der Waals surface area contributed by atoms with E-state index in [1.165, 1.54) is 0 Å². The molecule has 0 saturated heterocycles. The molecule has 1 unspecified atom stereocenters. The number of aromatic nitrogens is 2. The second-order valence-electron chi connectivity index (χ2n) is 6.18. The molecular formula is C18H24N4O3. The first-order valence-electron chi connectivity index (χ1n) is 8.46. The van der Waals surface area contributed by atoms with Gasteiger partial charge in [-0.1, -0.05) is 6.07 Å². The number of amides is 1. The summed E-state index contributed by atoms with van der Waals surface area (Å²) in [4.78, 5) is 12.2. The van der Waals surface area contributed by atoms with Crippen LogP contribution in [-0.4, -0.2) is 41.5 Å². The maximum Gasteiger partial charge on any atom is 0.242 e. The van der Waals surface area contributed by atoms with Gasteiger partial charge in [-0.15, -0.1) is 0 Å². The minimum Gasteiger partial charge on any atom is -0.486 e. The number of carbonyl (C=O) groups excluding carboxylic acids is 1. The van der Waals surface area contributed by atoms with E-state index in [-0.39, 0.29) is 11.9 Å². The van der Waals surface area contributed by atoms with Gasteiger partial charge in [0.05, 0.1) is 0 Å². The van der Waals surface area contributed by atoms with E-state index in [0.717, 1.165) is 29.2 Å². The zero-order valence-corrected chi connectivity index (χ0v) is 14.8. The Morgan fingerprint density at radius 3 is 2.76 bits per heavy atom. The van der Waals surface area contributed by atoms with Crippen molar-refractivity contribution < 1.29 is 14.3 Å². The molecule has 7 heteroatoms. The molecule has 1 atom stereocenters. The molecule has 0 radical (unpaired) electrons. The summed E-state index contributed by atoms with van der Waals surface area (Å²) >= 11 is 0. The summed E-state index contributed by atoms with van der Waals surface area (Å²) < 4.78 is 12.9. The lowest BCUT2D eigenvalue weighted by Gasteiger charge is -2.19. The third kappa shape index (κ3) is 4.23. The van der Waals surface area contributed by atoms with Crippen LogP contribution in [0.15, 0.2) is 24.3 Å². The van der Waals surface area contributed by atoms with Crippen LogP contribution in [-0.2, 0) is 18.3 Å². The summed E-state index contributed by atoms with van der Waals surface area (Å²) in [6.07, 6.45) is 0.734. The van der Waals surface area contributed by atoms with Crippen molar-refractivity contribution in [2.75, 3.05) is 25.1 Å². The summed E-state index contributed by atoms with van der Waals surface area (Å²) in [5.41, 5.74) is 2.14. The van der Waals surface area contributed by atoms with Gasteiger partial charge in [0.25, 0.3) is 0 Å². The monoisotopic (exact) mass is 344 g/mol. The van der Waals surface area contributed by atoms with Crippen LogP contribution in [0.3, 0.4) is 0 Å². The number of hydrogen-bond acceptors (Lipinski definition) is 5. The zero-order valence-electron chi connectivity index (χ0n) is 14.8. The van der Waals surface area contributed by atoms with Gasteiger partial charge in [-0.25, -0.2) is 0 Å². The van der Waals surface area contributed by atoms with Crippen molar-refractivity contribution in [3.63, 3.8) is 0 Å². The average molecular weight is 344 g/mol. The molecule has 1 aliphatic heterocycles. The number of aryl methyl sites for hydroxylation is 2. The second kappa shape index (κ2) is 7.46. The number of benzene rings is 1. The second-order valence-corrected chi connectivity index (χ2v) is 6.18. The minimum atomic E-state index is -0.352. The number of hydrogen-bond donors (Lipinski definition) is 2. The van der Waals surface area contributed by atoms with E-state index in [1.807, 2.05) is 45.2 Å². The molecule has 1 aromatic carbocycles. The molecule has 134 valence electrons. The lowest BCUT2D eigenvalue weighted by atomic mass is 10.1. The first-order chi connectivity index (χ1) is 12.0. The van der Waals surface area contributed by atoms with Crippen LogP contribution in [0.2, 0.25) is 0 Å². The Morgan fingerprint density at radius 2 is 2.04 bits per heavy atom. The van der Waals surface area contributed by atoms with Crippen molar-refractivity contribution in [1.82, 2.24) is 15.1 Å². The molecule has 0 saturated carbocycles. The Morgan fingerprint density at radius 1 is 1.28 bits per heavy atom. The molecule has 0 bridgehead atoms. The molecule has 25 heavy (non-hydrogen) atoms. The van der Waals surface area contributed by atoms with Crippen molar-refractivity contribution >= 4 is 11.7 Å². The van der Waals surface area contributed by atoms with Crippen molar-refractivity contribution in [1.29, 1.82) is 0 Å². The number of anilines is 1. The van der Waals surface area contributed by atoms with E-state index >= 15 is 0 Å². The van der Waals surface area contributed by atoms with E-state index in [4.69, 9.17) is 9.47 Å². The van der Waals surface area contributed by atoms with Crippen LogP contribution >= 0.6 is 0 Å². The molecule has 1 aromatic heterocycles. The normalized spacial score (nSPS) is 14.0. The highest BCUT2D eigenvalue weighted by atomic mass is 16.6. The van der Waals surface area contributed by atoms with Gasteiger partial charge in [-0.2, -0.15) is 5.10 Å². The summed E-state index contributed by atoms with van der Waals surface area (Å²) in [7, 11) is 1.87. The van der Waals surface area contributed by atoms with E-state index < -0.39 is 0 Å². The molecule has 0 spiro atoms. The van der Waals surface area contributed by atoms with Crippen molar-refractivity contribution in [3.05, 3.63) is 35.5 Å². The summed E-state index contributed by atoms with van der Waals surface area (Å²) in [5.74, 6) is 2.20. The predicted octanol–water partition coefficient (Wildman–Crippen LogP) is 1.66. The number of ether oxygens (including phenoxy) is 2. The number of nitrogens with zero attached hydrogens (tertiary/aromatic N) is 2. The smallest absolute Gasteiger partial charge is 0.242 e. The SMILES string of the molecule is Cc1cc(NC(C)C(=O)NCCc2ccc3c(c2)OCCO3)nn1C. The van der Waals surface area contributed by atoms with Crippen molar-refractivity contribution in [2.45, 2.75) is 26.3 Å². The molecule has 2 heterocycles. The predicted molar refractivity (Wildman–Crippen MR) is 95.2 cm³/mol. The molecular weight excluding hydrogens is 320 g/mol. The first kappa shape index (κ1) is 17.1. The molecule has 2 N–H and O–H groups in total. The summed E-state index contributed by atoms with van der Waals surface area (Å²) in [6, 6.07) is 7.45. The van der Waals surface area contributed by atoms with Crippen LogP contribution in [0.4, 0.5) is 5.82 Å². The zero-order chi connectivity index (χ0) is 17.8. The van der Waals surface area contributed by atoms with E-state index in [9.17, 15) is 4.79 Å². The first-order valence-corrected chi connectivity index (χ1v) is 8.46. The average Bonchev–Trinajstić information content (AvgIpc) is 2.92. The number of fused-ring (bicyclic) bond motifs is 1. The Bertz CT molecular complexity index is 737. The Balaban J connectivity index is 1.47. The van der Waals surface area contributed by atoms with Gasteiger partial charge in [0.1, 0.15) is 25.1 Å². The Hall–Kier alpha value is -2.70. The van der Waals surface area contributed by atoms with Gasteiger partial charge in [-0.3, -0.25) is 9.48 Å². The van der Waals surface area contributed by atoms with Gasteiger partial charge >= 0.3 is 0 Å². The molecule has 1 aliphatic rings. The van der Waals surface area contributed by atoms with Gasteiger partial charge < -0.3 is 20.1 Å². The van der Waals surface area contributed by atoms with Gasteiger partial charge in [-0.05, 0) is 38.0 Å². The van der Waals surface area contributed by atoms with E-state index in [1.54, 1.807) is 4.68 Å².